The van der Waals surface area contributed by atoms with Crippen molar-refractivity contribution < 1.29 is 8.42 Å². The number of rotatable bonds is 3. The van der Waals surface area contributed by atoms with Gasteiger partial charge in [-0.15, -0.1) is 12.4 Å². The van der Waals surface area contributed by atoms with Crippen LogP contribution in [0.15, 0.2) is 0 Å². The van der Waals surface area contributed by atoms with E-state index in [0.717, 1.165) is 13.1 Å². The van der Waals surface area contributed by atoms with Gasteiger partial charge in [-0.25, -0.2) is 0 Å². The molecule has 1 N–H and O–H groups in total. The summed E-state index contributed by atoms with van der Waals surface area (Å²) in [5, 5.41) is 3.30. The molecule has 96 valence electrons. The minimum Gasteiger partial charge on any atom is -0.316 e. The summed E-state index contributed by atoms with van der Waals surface area (Å²) in [6, 6.07) is 0. The minimum absolute atomic E-state index is 0. The number of hydrogen-bond acceptors (Lipinski definition) is 3. The topological polar surface area (TPSA) is 52.7 Å². The summed E-state index contributed by atoms with van der Waals surface area (Å²) in [4.78, 5) is 0. The molecule has 0 bridgehead atoms. The van der Waals surface area contributed by atoms with Gasteiger partial charge in [0.25, 0.3) is 10.2 Å². The van der Waals surface area contributed by atoms with Crippen molar-refractivity contribution in [2.24, 2.45) is 11.8 Å². The molecule has 2 heterocycles. The van der Waals surface area contributed by atoms with Crippen LogP contribution in [0.25, 0.3) is 0 Å². The zero-order valence-electron chi connectivity index (χ0n) is 9.72. The largest absolute Gasteiger partial charge is 0.316 e. The van der Waals surface area contributed by atoms with E-state index in [4.69, 9.17) is 0 Å². The quantitative estimate of drug-likeness (QED) is 0.769. The van der Waals surface area contributed by atoms with E-state index in [-0.39, 0.29) is 12.4 Å². The molecule has 2 rings (SSSR count). The molecule has 0 aromatic rings. The van der Waals surface area contributed by atoms with E-state index < -0.39 is 10.2 Å². The molecule has 2 atom stereocenters. The molecule has 16 heavy (non-hydrogen) atoms. The second kappa shape index (κ2) is 5.18. The monoisotopic (exact) mass is 269 g/mol. The lowest BCUT2D eigenvalue weighted by atomic mass is 10.0. The average molecular weight is 270 g/mol. The first-order valence-corrected chi connectivity index (χ1v) is 6.87. The molecule has 2 saturated heterocycles. The molecule has 0 aromatic heterocycles. The van der Waals surface area contributed by atoms with Gasteiger partial charge in [0.1, 0.15) is 0 Å². The van der Waals surface area contributed by atoms with Crippen molar-refractivity contribution in [3.05, 3.63) is 0 Å². The maximum Gasteiger partial charge on any atom is 0.281 e. The minimum atomic E-state index is -3.19. The van der Waals surface area contributed by atoms with Crippen LogP contribution in [0.4, 0.5) is 0 Å². The van der Waals surface area contributed by atoms with Crippen LogP contribution in [-0.4, -0.2) is 56.8 Å². The summed E-state index contributed by atoms with van der Waals surface area (Å²) in [7, 11) is -1.55. The fourth-order valence-electron chi connectivity index (χ4n) is 2.36. The Morgan fingerprint density at radius 3 is 2.25 bits per heavy atom. The van der Waals surface area contributed by atoms with Gasteiger partial charge >= 0.3 is 0 Å². The Bertz CT molecular complexity index is 324. The second-order valence-corrected chi connectivity index (χ2v) is 6.45. The van der Waals surface area contributed by atoms with E-state index >= 15 is 0 Å². The Morgan fingerprint density at radius 1 is 1.31 bits per heavy atom. The molecular formula is C9H20ClN3O2S. The van der Waals surface area contributed by atoms with E-state index in [1.54, 1.807) is 11.4 Å². The first-order valence-electron chi connectivity index (χ1n) is 5.47. The van der Waals surface area contributed by atoms with E-state index in [0.29, 0.717) is 31.5 Å². The van der Waals surface area contributed by atoms with Gasteiger partial charge in [-0.2, -0.15) is 17.0 Å². The molecule has 7 heteroatoms. The van der Waals surface area contributed by atoms with E-state index in [1.165, 1.54) is 4.31 Å². The van der Waals surface area contributed by atoms with Crippen molar-refractivity contribution in [2.45, 2.75) is 6.92 Å². The van der Waals surface area contributed by atoms with Gasteiger partial charge in [0, 0.05) is 26.7 Å². The molecule has 0 aromatic carbocycles. The highest BCUT2D eigenvalue weighted by atomic mass is 35.5. The average Bonchev–Trinajstić information content (AvgIpc) is 2.75. The SMILES string of the molecule is CCN(C)S(=O)(=O)N1C[C@H]2CNC[C@H]2C1.Cl. The van der Waals surface area contributed by atoms with Gasteiger partial charge < -0.3 is 5.32 Å². The van der Waals surface area contributed by atoms with Gasteiger partial charge in [-0.05, 0) is 24.9 Å². The summed E-state index contributed by atoms with van der Waals surface area (Å²) in [6.07, 6.45) is 0. The van der Waals surface area contributed by atoms with E-state index in [1.807, 2.05) is 6.92 Å². The van der Waals surface area contributed by atoms with Crippen molar-refractivity contribution in [1.82, 2.24) is 13.9 Å². The zero-order chi connectivity index (χ0) is 11.1. The van der Waals surface area contributed by atoms with Gasteiger partial charge in [-0.3, -0.25) is 0 Å². The highest BCUT2D eigenvalue weighted by Gasteiger charge is 2.41. The number of hydrogen-bond donors (Lipinski definition) is 1. The fraction of sp³-hybridized carbons (Fsp3) is 1.00. The standard InChI is InChI=1S/C9H19N3O2S.ClH/c1-3-11(2)15(13,14)12-6-8-4-10-5-9(8)7-12;/h8-10H,3-7H2,1-2H3;1H/t8-,9+;. The van der Waals surface area contributed by atoms with Gasteiger partial charge in [-0.1, -0.05) is 6.92 Å². The summed E-state index contributed by atoms with van der Waals surface area (Å²) < 4.78 is 27.1. The van der Waals surface area contributed by atoms with Crippen molar-refractivity contribution in [3.63, 3.8) is 0 Å². The summed E-state index contributed by atoms with van der Waals surface area (Å²) in [5.41, 5.74) is 0. The smallest absolute Gasteiger partial charge is 0.281 e. The van der Waals surface area contributed by atoms with Crippen LogP contribution >= 0.6 is 12.4 Å². The van der Waals surface area contributed by atoms with Gasteiger partial charge in [0.05, 0.1) is 0 Å². The molecule has 2 aliphatic rings. The van der Waals surface area contributed by atoms with Crippen LogP contribution in [0, 0.1) is 11.8 Å². The molecule has 0 unspecified atom stereocenters. The number of nitrogens with zero attached hydrogens (tertiary/aromatic N) is 2. The number of nitrogens with one attached hydrogen (secondary N) is 1. The number of halogens is 1. The summed E-state index contributed by atoms with van der Waals surface area (Å²) in [5.74, 6) is 1.04. The highest BCUT2D eigenvalue weighted by molar-refractivity contribution is 7.86. The van der Waals surface area contributed by atoms with Crippen LogP contribution in [0.2, 0.25) is 0 Å². The second-order valence-electron chi connectivity index (χ2n) is 4.42. The van der Waals surface area contributed by atoms with E-state index in [2.05, 4.69) is 5.32 Å². The first-order chi connectivity index (χ1) is 7.05. The molecule has 5 nitrogen and oxygen atoms in total. The van der Waals surface area contributed by atoms with Crippen LogP contribution in [0.1, 0.15) is 6.92 Å². The summed E-state index contributed by atoms with van der Waals surface area (Å²) >= 11 is 0. The molecule has 0 spiro atoms. The van der Waals surface area contributed by atoms with Crippen LogP contribution in [0.5, 0.6) is 0 Å². The van der Waals surface area contributed by atoms with Crippen LogP contribution in [0.3, 0.4) is 0 Å². The van der Waals surface area contributed by atoms with E-state index in [9.17, 15) is 8.42 Å². The number of fused-ring (bicyclic) bond motifs is 1. The Balaban J connectivity index is 0.00000128. The van der Waals surface area contributed by atoms with Crippen LogP contribution in [-0.2, 0) is 10.2 Å². The lowest BCUT2D eigenvalue weighted by molar-refractivity contribution is 0.388. The highest BCUT2D eigenvalue weighted by Crippen LogP contribution is 2.28. The lowest BCUT2D eigenvalue weighted by Crippen LogP contribution is -2.41. The first kappa shape index (κ1) is 14.2. The van der Waals surface area contributed by atoms with Gasteiger partial charge in [0.15, 0.2) is 0 Å². The molecule has 0 saturated carbocycles. The van der Waals surface area contributed by atoms with Crippen molar-refractivity contribution in [2.75, 3.05) is 39.8 Å². The molecule has 2 aliphatic heterocycles. The predicted molar refractivity (Wildman–Crippen MR) is 65.9 cm³/mol. The zero-order valence-corrected chi connectivity index (χ0v) is 11.4. The Kier molecular flexibility index (Phi) is 4.59. The Labute approximate surface area is 104 Å². The normalized spacial score (nSPS) is 30.4. The molecule has 0 amide bonds. The maximum atomic E-state index is 12.0. The molecule has 2 fully saturated rings. The predicted octanol–water partition coefficient (Wildman–Crippen LogP) is -0.244. The Morgan fingerprint density at radius 2 is 1.81 bits per heavy atom. The van der Waals surface area contributed by atoms with Crippen LogP contribution < -0.4 is 5.32 Å². The van der Waals surface area contributed by atoms with Crippen molar-refractivity contribution in [1.29, 1.82) is 0 Å². The lowest BCUT2D eigenvalue weighted by Gasteiger charge is -2.23. The summed E-state index contributed by atoms with van der Waals surface area (Å²) in [6.45, 7) is 5.69. The van der Waals surface area contributed by atoms with Gasteiger partial charge in [0.2, 0.25) is 0 Å². The third-order valence-corrected chi connectivity index (χ3v) is 5.52. The van der Waals surface area contributed by atoms with Crippen molar-refractivity contribution in [3.8, 4) is 0 Å². The molecular weight excluding hydrogens is 250 g/mol. The molecule has 0 aliphatic carbocycles. The third kappa shape index (κ3) is 2.36. The van der Waals surface area contributed by atoms with Crippen molar-refractivity contribution >= 4 is 22.6 Å². The maximum absolute atomic E-state index is 12.0. The molecule has 0 radical (unpaired) electrons. The third-order valence-electron chi connectivity index (χ3n) is 3.52. The Hall–Kier alpha value is 0.120. The fourth-order valence-corrected chi connectivity index (χ4v) is 3.84.